The largest absolute Gasteiger partial charge is 0.398 e. The highest BCUT2D eigenvalue weighted by atomic mass is 79.9. The number of benzene rings is 2. The highest BCUT2D eigenvalue weighted by Crippen LogP contribution is 2.37. The zero-order valence-corrected chi connectivity index (χ0v) is 12.7. The van der Waals surface area contributed by atoms with Crippen LogP contribution in [-0.2, 0) is 0 Å². The maximum Gasteiger partial charge on any atom is 0.141 e. The molecule has 0 spiro atoms. The van der Waals surface area contributed by atoms with Crippen LogP contribution >= 0.6 is 27.7 Å². The van der Waals surface area contributed by atoms with E-state index >= 15 is 0 Å². The SMILES string of the molecule is Nc1cc(F)c(Sc2cccc(Br)c2)c2ncccc12. The fourth-order valence-electron chi connectivity index (χ4n) is 1.96. The lowest BCUT2D eigenvalue weighted by atomic mass is 10.2. The molecule has 1 aromatic heterocycles. The Hall–Kier alpha value is -1.59. The van der Waals surface area contributed by atoms with Gasteiger partial charge in [-0.15, -0.1) is 0 Å². The first-order valence-electron chi connectivity index (χ1n) is 5.91. The molecule has 2 N–H and O–H groups in total. The summed E-state index contributed by atoms with van der Waals surface area (Å²) in [4.78, 5) is 5.70. The van der Waals surface area contributed by atoms with Gasteiger partial charge in [-0.3, -0.25) is 4.98 Å². The number of nitrogens with two attached hydrogens (primary N) is 1. The van der Waals surface area contributed by atoms with Crippen LogP contribution in [0.1, 0.15) is 0 Å². The Morgan fingerprint density at radius 3 is 2.80 bits per heavy atom. The van der Waals surface area contributed by atoms with Crippen molar-refractivity contribution >= 4 is 44.3 Å². The summed E-state index contributed by atoms with van der Waals surface area (Å²) in [5.74, 6) is -0.348. The molecule has 0 aliphatic carbocycles. The Morgan fingerprint density at radius 1 is 1.15 bits per heavy atom. The maximum atomic E-state index is 14.2. The molecule has 0 atom stereocenters. The number of hydrogen-bond acceptors (Lipinski definition) is 3. The zero-order valence-electron chi connectivity index (χ0n) is 10.3. The van der Waals surface area contributed by atoms with Gasteiger partial charge in [-0.1, -0.05) is 33.8 Å². The van der Waals surface area contributed by atoms with Gasteiger partial charge in [-0.2, -0.15) is 0 Å². The third-order valence-corrected chi connectivity index (χ3v) is 4.42. The van der Waals surface area contributed by atoms with Crippen molar-refractivity contribution in [1.29, 1.82) is 0 Å². The summed E-state index contributed by atoms with van der Waals surface area (Å²) in [6.45, 7) is 0. The van der Waals surface area contributed by atoms with Gasteiger partial charge in [0.2, 0.25) is 0 Å². The number of aromatic nitrogens is 1. The van der Waals surface area contributed by atoms with Crippen molar-refractivity contribution in [2.24, 2.45) is 0 Å². The molecule has 3 aromatic rings. The summed E-state index contributed by atoms with van der Waals surface area (Å²) in [6.07, 6.45) is 1.65. The molecule has 2 aromatic carbocycles. The molecule has 2 nitrogen and oxygen atoms in total. The van der Waals surface area contributed by atoms with Gasteiger partial charge in [0, 0.05) is 26.6 Å². The van der Waals surface area contributed by atoms with Crippen LogP contribution in [-0.4, -0.2) is 4.98 Å². The van der Waals surface area contributed by atoms with Gasteiger partial charge in [-0.25, -0.2) is 4.39 Å². The number of nitrogen functional groups attached to an aromatic ring is 1. The van der Waals surface area contributed by atoms with E-state index in [1.165, 1.54) is 17.8 Å². The predicted octanol–water partition coefficient (Wildman–Crippen LogP) is 4.87. The van der Waals surface area contributed by atoms with Crippen LogP contribution in [0.2, 0.25) is 0 Å². The predicted molar refractivity (Wildman–Crippen MR) is 84.4 cm³/mol. The molecule has 0 fully saturated rings. The Bertz CT molecular complexity index is 792. The van der Waals surface area contributed by atoms with Crippen molar-refractivity contribution < 1.29 is 4.39 Å². The molecule has 0 unspecified atom stereocenters. The summed E-state index contributed by atoms with van der Waals surface area (Å²) < 4.78 is 15.2. The first kappa shape index (κ1) is 13.4. The summed E-state index contributed by atoms with van der Waals surface area (Å²) in [5.41, 5.74) is 6.85. The molecular formula is C15H10BrFN2S. The van der Waals surface area contributed by atoms with Crippen molar-refractivity contribution in [3.63, 3.8) is 0 Å². The van der Waals surface area contributed by atoms with Crippen LogP contribution in [0.5, 0.6) is 0 Å². The summed E-state index contributed by atoms with van der Waals surface area (Å²) in [7, 11) is 0. The van der Waals surface area contributed by atoms with Crippen molar-refractivity contribution in [3.05, 3.63) is 59.0 Å². The maximum absolute atomic E-state index is 14.2. The van der Waals surface area contributed by atoms with Gasteiger partial charge in [0.15, 0.2) is 0 Å². The van der Waals surface area contributed by atoms with E-state index in [0.717, 1.165) is 14.8 Å². The lowest BCUT2D eigenvalue weighted by Gasteiger charge is -2.09. The molecule has 0 bridgehead atoms. The highest BCUT2D eigenvalue weighted by molar-refractivity contribution is 9.10. The van der Waals surface area contributed by atoms with E-state index in [4.69, 9.17) is 5.73 Å². The number of hydrogen-bond donors (Lipinski definition) is 1. The Labute approximate surface area is 128 Å². The average molecular weight is 349 g/mol. The van der Waals surface area contributed by atoms with E-state index in [0.29, 0.717) is 16.1 Å². The standard InChI is InChI=1S/C15H10BrFN2S/c16-9-3-1-4-10(7-9)20-15-12(17)8-13(18)11-5-2-6-19-14(11)15/h1-8H,18H2. The van der Waals surface area contributed by atoms with E-state index in [-0.39, 0.29) is 5.82 Å². The molecular weight excluding hydrogens is 339 g/mol. The van der Waals surface area contributed by atoms with E-state index in [2.05, 4.69) is 20.9 Å². The first-order valence-corrected chi connectivity index (χ1v) is 7.52. The lowest BCUT2D eigenvalue weighted by molar-refractivity contribution is 0.605. The second-order valence-corrected chi connectivity index (χ2v) is 6.24. The fraction of sp³-hybridized carbons (Fsp3) is 0. The second kappa shape index (κ2) is 5.42. The number of anilines is 1. The van der Waals surface area contributed by atoms with Crippen LogP contribution in [0.25, 0.3) is 10.9 Å². The third kappa shape index (κ3) is 2.51. The zero-order chi connectivity index (χ0) is 14.1. The minimum Gasteiger partial charge on any atom is -0.398 e. The molecule has 3 rings (SSSR count). The molecule has 100 valence electrons. The van der Waals surface area contributed by atoms with Gasteiger partial charge in [0.05, 0.1) is 10.4 Å². The van der Waals surface area contributed by atoms with Gasteiger partial charge in [-0.05, 0) is 36.4 Å². The van der Waals surface area contributed by atoms with Crippen LogP contribution in [0.4, 0.5) is 10.1 Å². The molecule has 0 saturated carbocycles. The monoisotopic (exact) mass is 348 g/mol. The first-order chi connectivity index (χ1) is 9.65. The van der Waals surface area contributed by atoms with Crippen LogP contribution < -0.4 is 5.73 Å². The van der Waals surface area contributed by atoms with Gasteiger partial charge < -0.3 is 5.73 Å². The minimum atomic E-state index is -0.348. The topological polar surface area (TPSA) is 38.9 Å². The van der Waals surface area contributed by atoms with Crippen molar-refractivity contribution in [2.45, 2.75) is 9.79 Å². The molecule has 1 heterocycles. The molecule has 0 aliphatic heterocycles. The number of halogens is 2. The normalized spacial score (nSPS) is 10.9. The lowest BCUT2D eigenvalue weighted by Crippen LogP contribution is -1.94. The van der Waals surface area contributed by atoms with E-state index in [9.17, 15) is 4.39 Å². The Kier molecular flexibility index (Phi) is 3.63. The van der Waals surface area contributed by atoms with E-state index in [1.54, 1.807) is 12.3 Å². The number of pyridine rings is 1. The van der Waals surface area contributed by atoms with Crippen LogP contribution in [0, 0.1) is 5.82 Å². The molecule has 0 aliphatic rings. The van der Waals surface area contributed by atoms with E-state index in [1.807, 2.05) is 30.3 Å². The summed E-state index contributed by atoms with van der Waals surface area (Å²) >= 11 is 4.76. The van der Waals surface area contributed by atoms with Crippen molar-refractivity contribution in [2.75, 3.05) is 5.73 Å². The summed E-state index contributed by atoms with van der Waals surface area (Å²) in [6, 6.07) is 12.7. The highest BCUT2D eigenvalue weighted by Gasteiger charge is 2.13. The number of rotatable bonds is 2. The minimum absolute atomic E-state index is 0.348. The number of nitrogens with zero attached hydrogens (tertiary/aromatic N) is 1. The molecule has 0 radical (unpaired) electrons. The van der Waals surface area contributed by atoms with Crippen LogP contribution in [0.3, 0.4) is 0 Å². The molecule has 20 heavy (non-hydrogen) atoms. The van der Waals surface area contributed by atoms with Gasteiger partial charge in [0.1, 0.15) is 5.82 Å². The Balaban J connectivity index is 2.16. The molecule has 0 amide bonds. The Morgan fingerprint density at radius 2 is 2.00 bits per heavy atom. The van der Waals surface area contributed by atoms with Crippen LogP contribution in [0.15, 0.2) is 62.9 Å². The van der Waals surface area contributed by atoms with Crippen molar-refractivity contribution in [3.8, 4) is 0 Å². The molecule has 0 saturated heterocycles. The second-order valence-electron chi connectivity index (χ2n) is 4.24. The summed E-state index contributed by atoms with van der Waals surface area (Å²) in [5, 5.41) is 0.770. The average Bonchev–Trinajstić information content (AvgIpc) is 2.43. The quantitative estimate of drug-likeness (QED) is 0.671. The van der Waals surface area contributed by atoms with Gasteiger partial charge in [0.25, 0.3) is 0 Å². The van der Waals surface area contributed by atoms with Gasteiger partial charge >= 0.3 is 0 Å². The molecule has 5 heteroatoms. The van der Waals surface area contributed by atoms with Crippen molar-refractivity contribution in [1.82, 2.24) is 4.98 Å². The number of fused-ring (bicyclic) bond motifs is 1. The fourth-order valence-corrected chi connectivity index (χ4v) is 3.49. The third-order valence-electron chi connectivity index (χ3n) is 2.85. The smallest absolute Gasteiger partial charge is 0.141 e. The van der Waals surface area contributed by atoms with E-state index < -0.39 is 0 Å².